The zero-order chi connectivity index (χ0) is 15.1. The second kappa shape index (κ2) is 4.77. The fourth-order valence-corrected chi connectivity index (χ4v) is 2.05. The molecule has 0 fully saturated rings. The molecule has 0 bridgehead atoms. The van der Waals surface area contributed by atoms with Gasteiger partial charge in [0.25, 0.3) is 0 Å². The van der Waals surface area contributed by atoms with Crippen LogP contribution in [-0.2, 0) is 4.74 Å². The molecule has 0 N–H and O–H groups in total. The number of carbonyl (C=O) groups is 1. The molecule has 0 atom stereocenters. The van der Waals surface area contributed by atoms with E-state index < -0.39 is 17.2 Å². The van der Waals surface area contributed by atoms with Crippen LogP contribution in [0.15, 0.2) is 6.33 Å². The molecule has 2 heterocycles. The number of ether oxygens (including phenoxy) is 2. The number of fused-ring (bicyclic) bond motifs is 1. The molecule has 1 aromatic rings. The van der Waals surface area contributed by atoms with Crippen molar-refractivity contribution in [1.82, 2.24) is 9.97 Å². The highest BCUT2D eigenvalue weighted by atomic mass is 35.5. The fraction of sp³-hybridized carbons (Fsp3) is 0.615. The minimum atomic E-state index is -0.595. The van der Waals surface area contributed by atoms with E-state index in [4.69, 9.17) is 21.1 Å². The predicted octanol–water partition coefficient (Wildman–Crippen LogP) is 3.04. The number of nitrogens with zero attached hydrogens (tertiary/aromatic N) is 3. The van der Waals surface area contributed by atoms with Gasteiger partial charge < -0.3 is 9.47 Å². The van der Waals surface area contributed by atoms with Gasteiger partial charge in [-0.25, -0.2) is 19.7 Å². The van der Waals surface area contributed by atoms with Crippen LogP contribution in [-0.4, -0.2) is 33.8 Å². The molecule has 0 unspecified atom stereocenters. The molecule has 20 heavy (non-hydrogen) atoms. The van der Waals surface area contributed by atoms with Gasteiger partial charge in [-0.1, -0.05) is 11.6 Å². The van der Waals surface area contributed by atoms with Crippen molar-refractivity contribution >= 4 is 23.5 Å². The van der Waals surface area contributed by atoms with Crippen molar-refractivity contribution in [2.75, 3.05) is 11.5 Å². The van der Waals surface area contributed by atoms with Crippen LogP contribution in [0.4, 0.5) is 10.6 Å². The second-order valence-electron chi connectivity index (χ2n) is 6.23. The van der Waals surface area contributed by atoms with Crippen molar-refractivity contribution in [3.8, 4) is 5.75 Å². The lowest BCUT2D eigenvalue weighted by Crippen LogP contribution is -2.56. The van der Waals surface area contributed by atoms with Crippen molar-refractivity contribution < 1.29 is 14.3 Å². The lowest BCUT2D eigenvalue weighted by Gasteiger charge is -2.41. The van der Waals surface area contributed by atoms with Gasteiger partial charge in [0.2, 0.25) is 0 Å². The van der Waals surface area contributed by atoms with Crippen LogP contribution < -0.4 is 9.64 Å². The summed E-state index contributed by atoms with van der Waals surface area (Å²) >= 11 is 5.98. The van der Waals surface area contributed by atoms with Gasteiger partial charge in [0.15, 0.2) is 16.7 Å². The summed E-state index contributed by atoms with van der Waals surface area (Å²) in [5.41, 5.74) is -1.19. The lowest BCUT2D eigenvalue weighted by molar-refractivity contribution is 0.0505. The molecule has 1 aliphatic heterocycles. The van der Waals surface area contributed by atoms with Gasteiger partial charge in [-0.15, -0.1) is 0 Å². The highest BCUT2D eigenvalue weighted by Gasteiger charge is 2.42. The summed E-state index contributed by atoms with van der Waals surface area (Å²) in [6.07, 6.45) is 0.811. The monoisotopic (exact) mass is 299 g/mol. The molecular weight excluding hydrogens is 282 g/mol. The van der Waals surface area contributed by atoms with Gasteiger partial charge in [-0.3, -0.25) is 0 Å². The van der Waals surface area contributed by atoms with E-state index in [0.29, 0.717) is 11.6 Å². The summed E-state index contributed by atoms with van der Waals surface area (Å²) in [6.45, 7) is 9.46. The molecule has 1 aromatic heterocycles. The Morgan fingerprint density at radius 1 is 1.45 bits per heavy atom. The number of halogens is 1. The summed E-state index contributed by atoms with van der Waals surface area (Å²) in [7, 11) is 0. The summed E-state index contributed by atoms with van der Waals surface area (Å²) in [5, 5.41) is 0.180. The number of anilines is 1. The smallest absolute Gasteiger partial charge is 0.416 e. The molecule has 0 saturated carbocycles. The number of aromatic nitrogens is 2. The average Bonchev–Trinajstić information content (AvgIpc) is 2.24. The molecule has 0 aliphatic carbocycles. The van der Waals surface area contributed by atoms with E-state index in [1.165, 1.54) is 11.2 Å². The van der Waals surface area contributed by atoms with Crippen LogP contribution in [0.1, 0.15) is 34.6 Å². The first kappa shape index (κ1) is 14.8. The first-order chi connectivity index (χ1) is 9.12. The molecule has 7 heteroatoms. The van der Waals surface area contributed by atoms with Crippen molar-refractivity contribution in [2.45, 2.75) is 45.8 Å². The highest BCUT2D eigenvalue weighted by molar-refractivity contribution is 6.31. The standard InChI is InChI=1S/C13H18ClN3O3/c1-12(2,3)20-11(18)17-10-8(9(14)15-7-16-10)19-6-13(17,4)5/h7H,6H2,1-5H3. The van der Waals surface area contributed by atoms with E-state index in [0.717, 1.165) is 0 Å². The van der Waals surface area contributed by atoms with Gasteiger partial charge in [-0.2, -0.15) is 0 Å². The summed E-state index contributed by atoms with van der Waals surface area (Å²) in [4.78, 5) is 21.9. The Balaban J connectivity index is 2.45. The molecule has 2 rings (SSSR count). The number of carbonyl (C=O) groups excluding carboxylic acids is 1. The van der Waals surface area contributed by atoms with Crippen LogP contribution >= 0.6 is 11.6 Å². The third-order valence-electron chi connectivity index (χ3n) is 2.70. The van der Waals surface area contributed by atoms with Gasteiger partial charge in [0.1, 0.15) is 18.5 Å². The van der Waals surface area contributed by atoms with E-state index in [-0.39, 0.29) is 11.8 Å². The Morgan fingerprint density at radius 3 is 2.70 bits per heavy atom. The van der Waals surface area contributed by atoms with Crippen molar-refractivity contribution in [3.05, 3.63) is 11.5 Å². The molecule has 0 radical (unpaired) electrons. The number of amides is 1. The average molecular weight is 300 g/mol. The largest absolute Gasteiger partial charge is 0.484 e. The van der Waals surface area contributed by atoms with Gasteiger partial charge in [-0.05, 0) is 34.6 Å². The topological polar surface area (TPSA) is 64.5 Å². The number of hydrogen-bond donors (Lipinski definition) is 0. The summed E-state index contributed by atoms with van der Waals surface area (Å²) < 4.78 is 11.0. The van der Waals surface area contributed by atoms with Crippen molar-refractivity contribution in [2.24, 2.45) is 0 Å². The van der Waals surface area contributed by atoms with Gasteiger partial charge in [0.05, 0.1) is 5.54 Å². The third kappa shape index (κ3) is 2.80. The number of rotatable bonds is 0. The quantitative estimate of drug-likeness (QED) is 0.689. The summed E-state index contributed by atoms with van der Waals surface area (Å²) in [6, 6.07) is 0. The Labute approximate surface area is 123 Å². The second-order valence-corrected chi connectivity index (χ2v) is 6.59. The zero-order valence-corrected chi connectivity index (χ0v) is 13.0. The van der Waals surface area contributed by atoms with E-state index in [9.17, 15) is 4.79 Å². The van der Waals surface area contributed by atoms with Gasteiger partial charge >= 0.3 is 6.09 Å². The SMILES string of the molecule is CC(C)(C)OC(=O)N1c2ncnc(Cl)c2OCC1(C)C. The van der Waals surface area contributed by atoms with Crippen molar-refractivity contribution in [3.63, 3.8) is 0 Å². The maximum atomic E-state index is 12.4. The predicted molar refractivity (Wildman–Crippen MR) is 75.3 cm³/mol. The third-order valence-corrected chi connectivity index (χ3v) is 2.97. The maximum absolute atomic E-state index is 12.4. The Kier molecular flexibility index (Phi) is 3.54. The molecule has 0 aromatic carbocycles. The van der Waals surface area contributed by atoms with Crippen LogP contribution in [0.25, 0.3) is 0 Å². The lowest BCUT2D eigenvalue weighted by atomic mass is 10.0. The van der Waals surface area contributed by atoms with Crippen LogP contribution in [0.2, 0.25) is 5.15 Å². The molecule has 1 amide bonds. The van der Waals surface area contributed by atoms with Crippen LogP contribution in [0.5, 0.6) is 5.75 Å². The minimum absolute atomic E-state index is 0.180. The van der Waals surface area contributed by atoms with Crippen LogP contribution in [0, 0.1) is 0 Å². The minimum Gasteiger partial charge on any atom is -0.484 e. The zero-order valence-electron chi connectivity index (χ0n) is 12.2. The number of hydrogen-bond acceptors (Lipinski definition) is 5. The maximum Gasteiger partial charge on any atom is 0.416 e. The molecular formula is C13H18ClN3O3. The van der Waals surface area contributed by atoms with E-state index >= 15 is 0 Å². The van der Waals surface area contributed by atoms with Gasteiger partial charge in [0, 0.05) is 0 Å². The molecule has 110 valence electrons. The van der Waals surface area contributed by atoms with Crippen molar-refractivity contribution in [1.29, 1.82) is 0 Å². The molecule has 0 saturated heterocycles. The Morgan fingerprint density at radius 2 is 2.10 bits per heavy atom. The van der Waals surface area contributed by atoms with E-state index in [1.54, 1.807) is 0 Å². The van der Waals surface area contributed by atoms with Crippen LogP contribution in [0.3, 0.4) is 0 Å². The molecule has 6 nitrogen and oxygen atoms in total. The Bertz CT molecular complexity index is 540. The van der Waals surface area contributed by atoms with E-state index in [1.807, 2.05) is 34.6 Å². The normalized spacial score (nSPS) is 17.2. The highest BCUT2D eigenvalue weighted by Crippen LogP contribution is 2.40. The molecule has 1 aliphatic rings. The first-order valence-corrected chi connectivity index (χ1v) is 6.66. The first-order valence-electron chi connectivity index (χ1n) is 6.28. The fourth-order valence-electron chi connectivity index (χ4n) is 1.87. The molecule has 0 spiro atoms. The van der Waals surface area contributed by atoms with E-state index in [2.05, 4.69) is 9.97 Å². The summed E-state index contributed by atoms with van der Waals surface area (Å²) in [5.74, 6) is 0.634. The Hall–Kier alpha value is -1.56.